The third-order valence-corrected chi connectivity index (χ3v) is 3.01. The first kappa shape index (κ1) is 6.78. The minimum atomic E-state index is -0.542. The molecular formula is C6H12Si. The monoisotopic (exact) mass is 112 g/mol. The molecule has 1 heteroatoms. The average Bonchev–Trinajstić information content (AvgIpc) is 1.68. The van der Waals surface area contributed by atoms with Crippen LogP contribution in [0.2, 0.25) is 12.6 Å². The molecule has 0 aliphatic carbocycles. The molecule has 1 atom stereocenters. The maximum Gasteiger partial charge on any atom is 0.119 e. The summed E-state index contributed by atoms with van der Waals surface area (Å²) in [5, 5.41) is 0. The summed E-state index contributed by atoms with van der Waals surface area (Å²) in [4.78, 5) is 0. The summed E-state index contributed by atoms with van der Waals surface area (Å²) in [7, 11) is -0.542. The van der Waals surface area contributed by atoms with Crippen LogP contribution in [-0.2, 0) is 0 Å². The summed E-state index contributed by atoms with van der Waals surface area (Å²) in [6.45, 7) is 6.40. The second-order valence-corrected chi connectivity index (χ2v) is 4.61. The predicted molar refractivity (Wildman–Crippen MR) is 36.9 cm³/mol. The molecule has 0 fully saturated rings. The molecule has 0 aromatic heterocycles. The van der Waals surface area contributed by atoms with Gasteiger partial charge in [0.2, 0.25) is 0 Å². The van der Waals surface area contributed by atoms with Crippen LogP contribution in [0, 0.1) is 11.5 Å². The molecule has 0 aliphatic rings. The van der Waals surface area contributed by atoms with Crippen molar-refractivity contribution in [2.45, 2.75) is 26.4 Å². The van der Waals surface area contributed by atoms with Crippen molar-refractivity contribution >= 4 is 8.80 Å². The van der Waals surface area contributed by atoms with E-state index in [-0.39, 0.29) is 0 Å². The Balaban J connectivity index is 3.29. The van der Waals surface area contributed by atoms with Crippen LogP contribution in [0.3, 0.4) is 0 Å². The van der Waals surface area contributed by atoms with Crippen LogP contribution in [-0.4, -0.2) is 8.80 Å². The van der Waals surface area contributed by atoms with Gasteiger partial charge in [0, 0.05) is 0 Å². The van der Waals surface area contributed by atoms with Gasteiger partial charge in [-0.05, 0) is 6.92 Å². The molecule has 0 rings (SSSR count). The Hall–Kier alpha value is -0.223. The molecule has 0 aliphatic heterocycles. The summed E-state index contributed by atoms with van der Waals surface area (Å²) in [5.74, 6) is 2.93. The lowest BCUT2D eigenvalue weighted by Crippen LogP contribution is -1.98. The van der Waals surface area contributed by atoms with Crippen molar-refractivity contribution in [1.29, 1.82) is 0 Å². The lowest BCUT2D eigenvalue weighted by atomic mass is 10.8. The van der Waals surface area contributed by atoms with Crippen LogP contribution in [0.5, 0.6) is 0 Å². The van der Waals surface area contributed by atoms with E-state index < -0.39 is 8.80 Å². The summed E-state index contributed by atoms with van der Waals surface area (Å²) < 4.78 is 0. The first-order valence-electron chi connectivity index (χ1n) is 2.73. The second kappa shape index (κ2) is 3.95. The predicted octanol–water partition coefficient (Wildman–Crippen LogP) is 1.43. The van der Waals surface area contributed by atoms with E-state index in [4.69, 9.17) is 0 Å². The van der Waals surface area contributed by atoms with E-state index in [1.54, 1.807) is 0 Å². The highest BCUT2D eigenvalue weighted by Crippen LogP contribution is 1.84. The number of rotatable bonds is 1. The standard InChI is InChI=1S/C6H12Si/c1-4-6-7(3)5-2/h7H,5H2,1-3H3. The largest absolute Gasteiger partial charge is 0.136 e. The van der Waals surface area contributed by atoms with Gasteiger partial charge >= 0.3 is 0 Å². The maximum absolute atomic E-state index is 3.18. The van der Waals surface area contributed by atoms with Crippen LogP contribution in [0.25, 0.3) is 0 Å². The van der Waals surface area contributed by atoms with Gasteiger partial charge in [-0.25, -0.2) is 0 Å². The van der Waals surface area contributed by atoms with Crippen LogP contribution in [0.1, 0.15) is 13.8 Å². The van der Waals surface area contributed by atoms with Crippen molar-refractivity contribution in [1.82, 2.24) is 0 Å². The van der Waals surface area contributed by atoms with Crippen molar-refractivity contribution in [2.24, 2.45) is 0 Å². The molecule has 40 valence electrons. The molecule has 0 nitrogen and oxygen atoms in total. The van der Waals surface area contributed by atoms with Gasteiger partial charge in [-0.15, -0.1) is 11.5 Å². The Morgan fingerprint density at radius 2 is 2.14 bits per heavy atom. The zero-order chi connectivity index (χ0) is 5.70. The molecule has 0 heterocycles. The van der Waals surface area contributed by atoms with E-state index in [1.807, 2.05) is 6.92 Å². The fourth-order valence-corrected chi connectivity index (χ4v) is 1.05. The van der Waals surface area contributed by atoms with Gasteiger partial charge in [0.1, 0.15) is 8.80 Å². The zero-order valence-electron chi connectivity index (χ0n) is 5.28. The van der Waals surface area contributed by atoms with E-state index in [1.165, 1.54) is 6.04 Å². The third-order valence-electron chi connectivity index (χ3n) is 1.00. The number of hydrogen-bond donors (Lipinski definition) is 0. The highest BCUT2D eigenvalue weighted by Gasteiger charge is 1.89. The van der Waals surface area contributed by atoms with Crippen molar-refractivity contribution in [2.75, 3.05) is 0 Å². The fourth-order valence-electron chi connectivity index (χ4n) is 0.348. The lowest BCUT2D eigenvalue weighted by molar-refractivity contribution is 1.43. The second-order valence-electron chi connectivity index (χ2n) is 1.70. The van der Waals surface area contributed by atoms with E-state index >= 15 is 0 Å². The molecule has 0 aromatic rings. The quantitative estimate of drug-likeness (QED) is 0.355. The van der Waals surface area contributed by atoms with E-state index in [0.29, 0.717) is 0 Å². The van der Waals surface area contributed by atoms with Crippen molar-refractivity contribution < 1.29 is 0 Å². The topological polar surface area (TPSA) is 0 Å². The molecule has 1 unspecified atom stereocenters. The van der Waals surface area contributed by atoms with Gasteiger partial charge in [0.15, 0.2) is 0 Å². The molecule has 0 radical (unpaired) electrons. The SMILES string of the molecule is CC#C[SiH](C)CC. The van der Waals surface area contributed by atoms with Gasteiger partial charge in [-0.3, -0.25) is 0 Å². The molecule has 0 spiro atoms. The Bertz CT molecular complexity index is 86.1. The smallest absolute Gasteiger partial charge is 0.119 e. The maximum atomic E-state index is 3.18. The highest BCUT2D eigenvalue weighted by molar-refractivity contribution is 6.66. The minimum absolute atomic E-state index is 0.542. The van der Waals surface area contributed by atoms with Crippen LogP contribution < -0.4 is 0 Å². The average molecular weight is 112 g/mol. The van der Waals surface area contributed by atoms with Crippen molar-refractivity contribution in [3.8, 4) is 11.5 Å². The van der Waals surface area contributed by atoms with E-state index in [9.17, 15) is 0 Å². The summed E-state index contributed by atoms with van der Waals surface area (Å²) in [6.07, 6.45) is 0. The molecular weight excluding hydrogens is 100 g/mol. The first-order chi connectivity index (χ1) is 3.31. The molecule has 0 bridgehead atoms. The molecule has 0 N–H and O–H groups in total. The third kappa shape index (κ3) is 3.61. The Morgan fingerprint density at radius 3 is 2.29 bits per heavy atom. The first-order valence-corrected chi connectivity index (χ1v) is 5.28. The minimum Gasteiger partial charge on any atom is -0.136 e. The Morgan fingerprint density at radius 1 is 1.57 bits per heavy atom. The number of hydrogen-bond acceptors (Lipinski definition) is 0. The normalized spacial score (nSPS) is 11.9. The highest BCUT2D eigenvalue weighted by atomic mass is 28.3. The van der Waals surface area contributed by atoms with Gasteiger partial charge < -0.3 is 0 Å². The lowest BCUT2D eigenvalue weighted by Gasteiger charge is -1.88. The van der Waals surface area contributed by atoms with Gasteiger partial charge in [-0.1, -0.05) is 19.5 Å². The van der Waals surface area contributed by atoms with Gasteiger partial charge in [0.25, 0.3) is 0 Å². The summed E-state index contributed by atoms with van der Waals surface area (Å²) in [5.41, 5.74) is 3.18. The fraction of sp³-hybridized carbons (Fsp3) is 0.667. The Labute approximate surface area is 47.5 Å². The Kier molecular flexibility index (Phi) is 3.82. The summed E-state index contributed by atoms with van der Waals surface area (Å²) >= 11 is 0. The molecule has 0 amide bonds. The van der Waals surface area contributed by atoms with Crippen molar-refractivity contribution in [3.05, 3.63) is 0 Å². The van der Waals surface area contributed by atoms with Gasteiger partial charge in [-0.2, -0.15) is 0 Å². The van der Waals surface area contributed by atoms with E-state index in [2.05, 4.69) is 24.9 Å². The molecule has 0 aromatic carbocycles. The van der Waals surface area contributed by atoms with Gasteiger partial charge in [0.05, 0.1) is 0 Å². The molecule has 0 saturated heterocycles. The molecule has 0 saturated carbocycles. The van der Waals surface area contributed by atoms with Crippen LogP contribution in [0.15, 0.2) is 0 Å². The summed E-state index contributed by atoms with van der Waals surface area (Å²) in [6, 6.07) is 1.31. The van der Waals surface area contributed by atoms with Crippen molar-refractivity contribution in [3.63, 3.8) is 0 Å². The van der Waals surface area contributed by atoms with E-state index in [0.717, 1.165) is 0 Å². The van der Waals surface area contributed by atoms with Crippen LogP contribution in [0.4, 0.5) is 0 Å². The zero-order valence-corrected chi connectivity index (χ0v) is 6.44. The van der Waals surface area contributed by atoms with Crippen LogP contribution >= 0.6 is 0 Å². The molecule has 7 heavy (non-hydrogen) atoms.